The Labute approximate surface area is 100 Å². The number of ether oxygens (including phenoxy) is 1. The summed E-state index contributed by atoms with van der Waals surface area (Å²) in [5.41, 5.74) is 0.496. The van der Waals surface area contributed by atoms with E-state index in [2.05, 4.69) is 25.7 Å². The number of halogens is 5. The first-order chi connectivity index (χ1) is 6.40. The molecule has 1 aromatic rings. The maximum absolute atomic E-state index is 11.9. The predicted molar refractivity (Wildman–Crippen MR) is 56.3 cm³/mol. The molecule has 0 saturated heterocycles. The monoisotopic (exact) mass is 381 g/mol. The second-order valence-corrected chi connectivity index (χ2v) is 3.96. The standard InChI is InChI=1S/C7H4BrF3INO/c8-3-4-1-5(2-6(12)13-4)14-7(9,10)11/h1-2H,3H2. The number of aromatic nitrogens is 1. The molecule has 0 fully saturated rings. The van der Waals surface area contributed by atoms with Gasteiger partial charge in [0.25, 0.3) is 0 Å². The van der Waals surface area contributed by atoms with Gasteiger partial charge in [0.1, 0.15) is 9.45 Å². The van der Waals surface area contributed by atoms with Crippen molar-refractivity contribution in [3.63, 3.8) is 0 Å². The van der Waals surface area contributed by atoms with E-state index < -0.39 is 6.36 Å². The minimum Gasteiger partial charge on any atom is -0.406 e. The summed E-state index contributed by atoms with van der Waals surface area (Å²) in [5.74, 6) is -0.244. The van der Waals surface area contributed by atoms with E-state index in [0.717, 1.165) is 0 Å². The molecule has 2 nitrogen and oxygen atoms in total. The van der Waals surface area contributed by atoms with Gasteiger partial charge in [-0.25, -0.2) is 4.98 Å². The van der Waals surface area contributed by atoms with Crippen LogP contribution in [0.1, 0.15) is 5.69 Å². The molecule has 0 bridgehead atoms. The largest absolute Gasteiger partial charge is 0.573 e. The van der Waals surface area contributed by atoms with Gasteiger partial charge >= 0.3 is 6.36 Å². The summed E-state index contributed by atoms with van der Waals surface area (Å²) < 4.78 is 39.8. The van der Waals surface area contributed by atoms with Gasteiger partial charge < -0.3 is 4.74 Å². The maximum Gasteiger partial charge on any atom is 0.573 e. The number of nitrogens with zero attached hydrogens (tertiary/aromatic N) is 1. The molecule has 0 N–H and O–H groups in total. The minimum absolute atomic E-state index is 0.244. The van der Waals surface area contributed by atoms with Crippen molar-refractivity contribution < 1.29 is 17.9 Å². The first-order valence-electron chi connectivity index (χ1n) is 3.39. The van der Waals surface area contributed by atoms with E-state index in [1.807, 2.05) is 22.6 Å². The minimum atomic E-state index is -4.66. The van der Waals surface area contributed by atoms with Gasteiger partial charge in [-0.2, -0.15) is 0 Å². The molecular formula is C7H4BrF3INO. The second-order valence-electron chi connectivity index (χ2n) is 2.30. The number of alkyl halides is 4. The van der Waals surface area contributed by atoms with Crippen molar-refractivity contribution in [2.75, 3.05) is 0 Å². The van der Waals surface area contributed by atoms with Crippen molar-refractivity contribution >= 4 is 38.5 Å². The lowest BCUT2D eigenvalue weighted by Crippen LogP contribution is -2.17. The van der Waals surface area contributed by atoms with Crippen LogP contribution in [0.2, 0.25) is 0 Å². The summed E-state index contributed by atoms with van der Waals surface area (Å²) in [7, 11) is 0. The van der Waals surface area contributed by atoms with E-state index in [9.17, 15) is 13.2 Å². The van der Waals surface area contributed by atoms with Crippen LogP contribution < -0.4 is 4.74 Å². The molecule has 0 aliphatic carbocycles. The van der Waals surface area contributed by atoms with E-state index in [0.29, 0.717) is 14.7 Å². The highest BCUT2D eigenvalue weighted by molar-refractivity contribution is 14.1. The average molecular weight is 382 g/mol. The Hall–Kier alpha value is -0.0500. The van der Waals surface area contributed by atoms with Crippen molar-refractivity contribution in [1.29, 1.82) is 0 Å². The molecule has 0 atom stereocenters. The number of rotatable bonds is 2. The molecule has 7 heteroatoms. The lowest BCUT2D eigenvalue weighted by Gasteiger charge is -2.09. The Morgan fingerprint density at radius 1 is 1.43 bits per heavy atom. The summed E-state index contributed by atoms with van der Waals surface area (Å²) >= 11 is 4.93. The van der Waals surface area contributed by atoms with Gasteiger partial charge in [0, 0.05) is 17.5 Å². The summed E-state index contributed by atoms with van der Waals surface area (Å²) in [4.78, 5) is 3.97. The van der Waals surface area contributed by atoms with Crippen molar-refractivity contribution in [1.82, 2.24) is 4.98 Å². The van der Waals surface area contributed by atoms with Crippen LogP contribution in [-0.2, 0) is 5.33 Å². The Bertz CT molecular complexity index is 331. The van der Waals surface area contributed by atoms with Gasteiger partial charge in [0.15, 0.2) is 0 Å². The highest BCUT2D eigenvalue weighted by atomic mass is 127. The SMILES string of the molecule is FC(F)(F)Oc1cc(I)nc(CBr)c1. The van der Waals surface area contributed by atoms with Gasteiger partial charge in [0.2, 0.25) is 0 Å². The highest BCUT2D eigenvalue weighted by Crippen LogP contribution is 2.24. The van der Waals surface area contributed by atoms with Crippen LogP contribution in [0.3, 0.4) is 0 Å². The second kappa shape index (κ2) is 4.65. The molecular weight excluding hydrogens is 378 g/mol. The third-order valence-corrected chi connectivity index (χ3v) is 2.32. The molecule has 1 aromatic heterocycles. The fourth-order valence-electron chi connectivity index (χ4n) is 0.786. The molecule has 0 aliphatic rings. The van der Waals surface area contributed by atoms with Crippen LogP contribution in [0.5, 0.6) is 5.75 Å². The molecule has 0 aromatic carbocycles. The topological polar surface area (TPSA) is 22.1 Å². The zero-order valence-electron chi connectivity index (χ0n) is 6.61. The van der Waals surface area contributed by atoms with Crippen LogP contribution >= 0.6 is 38.5 Å². The number of hydrogen-bond acceptors (Lipinski definition) is 2. The maximum atomic E-state index is 11.9. The molecule has 14 heavy (non-hydrogen) atoms. The normalized spacial score (nSPS) is 11.5. The Morgan fingerprint density at radius 2 is 2.07 bits per heavy atom. The van der Waals surface area contributed by atoms with Crippen LogP contribution in [0, 0.1) is 3.70 Å². The first-order valence-corrected chi connectivity index (χ1v) is 5.59. The number of pyridine rings is 1. The van der Waals surface area contributed by atoms with Gasteiger partial charge in [-0.15, -0.1) is 13.2 Å². The lowest BCUT2D eigenvalue weighted by atomic mass is 10.4. The van der Waals surface area contributed by atoms with Crippen molar-refractivity contribution in [2.45, 2.75) is 11.7 Å². The van der Waals surface area contributed by atoms with E-state index in [4.69, 9.17) is 0 Å². The number of hydrogen-bond donors (Lipinski definition) is 0. The third-order valence-electron chi connectivity index (χ3n) is 1.19. The zero-order valence-corrected chi connectivity index (χ0v) is 10.4. The molecule has 1 rings (SSSR count). The van der Waals surface area contributed by atoms with Gasteiger partial charge in [-0.05, 0) is 22.6 Å². The summed E-state index contributed by atoms with van der Waals surface area (Å²) in [5, 5.41) is 0.387. The van der Waals surface area contributed by atoms with E-state index in [-0.39, 0.29) is 5.75 Å². The van der Waals surface area contributed by atoms with Crippen LogP contribution in [0.15, 0.2) is 12.1 Å². The Kier molecular flexibility index (Phi) is 3.99. The fraction of sp³-hybridized carbons (Fsp3) is 0.286. The summed E-state index contributed by atoms with van der Waals surface area (Å²) in [6.45, 7) is 0. The third kappa shape index (κ3) is 3.99. The Morgan fingerprint density at radius 3 is 2.57 bits per heavy atom. The Balaban J connectivity index is 2.92. The highest BCUT2D eigenvalue weighted by Gasteiger charge is 2.31. The van der Waals surface area contributed by atoms with E-state index in [1.54, 1.807) is 0 Å². The van der Waals surface area contributed by atoms with Gasteiger partial charge in [-0.1, -0.05) is 15.9 Å². The zero-order chi connectivity index (χ0) is 10.8. The summed E-state index contributed by atoms with van der Waals surface area (Å²) in [6, 6.07) is 2.46. The summed E-state index contributed by atoms with van der Waals surface area (Å²) in [6.07, 6.45) is -4.66. The predicted octanol–water partition coefficient (Wildman–Crippen LogP) is 3.48. The van der Waals surface area contributed by atoms with Crippen molar-refractivity contribution in [3.8, 4) is 5.75 Å². The molecule has 0 unspecified atom stereocenters. The fourth-order valence-corrected chi connectivity index (χ4v) is 1.69. The van der Waals surface area contributed by atoms with Crippen LogP contribution in [-0.4, -0.2) is 11.3 Å². The van der Waals surface area contributed by atoms with Gasteiger partial charge in [-0.3, -0.25) is 0 Å². The molecule has 0 saturated carbocycles. The molecule has 0 radical (unpaired) electrons. The van der Waals surface area contributed by atoms with Crippen LogP contribution in [0.4, 0.5) is 13.2 Å². The molecule has 78 valence electrons. The van der Waals surface area contributed by atoms with E-state index >= 15 is 0 Å². The molecule has 0 amide bonds. The quantitative estimate of drug-likeness (QED) is 0.444. The van der Waals surface area contributed by atoms with Crippen LogP contribution in [0.25, 0.3) is 0 Å². The average Bonchev–Trinajstić information content (AvgIpc) is 1.99. The lowest BCUT2D eigenvalue weighted by molar-refractivity contribution is -0.274. The molecule has 1 heterocycles. The van der Waals surface area contributed by atoms with Gasteiger partial charge in [0.05, 0.1) is 5.69 Å². The molecule has 0 spiro atoms. The van der Waals surface area contributed by atoms with Crippen molar-refractivity contribution in [3.05, 3.63) is 21.5 Å². The van der Waals surface area contributed by atoms with E-state index in [1.165, 1.54) is 12.1 Å². The first kappa shape index (κ1) is 12.0. The smallest absolute Gasteiger partial charge is 0.406 e. The molecule has 0 aliphatic heterocycles. The van der Waals surface area contributed by atoms with Crippen molar-refractivity contribution in [2.24, 2.45) is 0 Å².